The monoisotopic (exact) mass is 296 g/mol. The number of carbonyl (C=O) groups is 1. The van der Waals surface area contributed by atoms with Gasteiger partial charge in [0.25, 0.3) is 0 Å². The van der Waals surface area contributed by atoms with Crippen molar-refractivity contribution in [3.8, 4) is 0 Å². The van der Waals surface area contributed by atoms with Gasteiger partial charge in [-0.1, -0.05) is 22.0 Å². The maximum Gasteiger partial charge on any atom is 0.374 e. The van der Waals surface area contributed by atoms with Gasteiger partial charge in [-0.15, -0.1) is 0 Å². The first-order valence-electron chi connectivity index (χ1n) is 5.03. The lowest BCUT2D eigenvalue weighted by molar-refractivity contribution is 0.0485. The highest BCUT2D eigenvalue weighted by Crippen LogP contribution is 2.22. The van der Waals surface area contributed by atoms with Crippen LogP contribution in [-0.2, 0) is 4.74 Å². The molecule has 0 bridgehead atoms. The molecule has 1 heterocycles. The first-order valence-corrected chi connectivity index (χ1v) is 5.82. The van der Waals surface area contributed by atoms with Gasteiger partial charge in [0.05, 0.1) is 12.0 Å². The normalized spacial score (nSPS) is 10.5. The lowest BCUT2D eigenvalue weighted by Gasteiger charge is -2.03. The van der Waals surface area contributed by atoms with Crippen molar-refractivity contribution in [2.24, 2.45) is 0 Å². The SMILES string of the molecule is CCOC(=O)c1cc2c(Br)cccc2c(=O)o1. The molecule has 0 aliphatic heterocycles. The Labute approximate surface area is 105 Å². The smallest absolute Gasteiger partial charge is 0.374 e. The number of rotatable bonds is 2. The molecule has 0 fully saturated rings. The summed E-state index contributed by atoms with van der Waals surface area (Å²) in [6, 6.07) is 6.66. The van der Waals surface area contributed by atoms with E-state index in [2.05, 4.69) is 15.9 Å². The van der Waals surface area contributed by atoms with Crippen LogP contribution in [0.4, 0.5) is 0 Å². The molecule has 1 aromatic heterocycles. The van der Waals surface area contributed by atoms with E-state index in [1.165, 1.54) is 6.07 Å². The predicted molar refractivity (Wildman–Crippen MR) is 66.1 cm³/mol. The largest absolute Gasteiger partial charge is 0.460 e. The lowest BCUT2D eigenvalue weighted by atomic mass is 10.2. The van der Waals surface area contributed by atoms with Crippen LogP contribution in [0.25, 0.3) is 10.8 Å². The molecule has 0 saturated carbocycles. The Morgan fingerprint density at radius 2 is 2.18 bits per heavy atom. The molecule has 0 aliphatic rings. The van der Waals surface area contributed by atoms with E-state index in [0.717, 1.165) is 4.47 Å². The fraction of sp³-hybridized carbons (Fsp3) is 0.167. The number of hydrogen-bond donors (Lipinski definition) is 0. The van der Waals surface area contributed by atoms with Crippen molar-refractivity contribution in [3.63, 3.8) is 0 Å². The summed E-state index contributed by atoms with van der Waals surface area (Å²) < 4.78 is 10.4. The molecule has 17 heavy (non-hydrogen) atoms. The summed E-state index contributed by atoms with van der Waals surface area (Å²) >= 11 is 3.32. The van der Waals surface area contributed by atoms with E-state index in [-0.39, 0.29) is 12.4 Å². The van der Waals surface area contributed by atoms with Gasteiger partial charge in [-0.3, -0.25) is 0 Å². The van der Waals surface area contributed by atoms with E-state index in [1.807, 2.05) is 0 Å². The van der Waals surface area contributed by atoms with E-state index < -0.39 is 11.6 Å². The maximum absolute atomic E-state index is 11.7. The summed E-state index contributed by atoms with van der Waals surface area (Å²) in [7, 11) is 0. The lowest BCUT2D eigenvalue weighted by Crippen LogP contribution is -2.10. The Morgan fingerprint density at radius 1 is 1.41 bits per heavy atom. The topological polar surface area (TPSA) is 56.5 Å². The highest BCUT2D eigenvalue weighted by Gasteiger charge is 2.13. The van der Waals surface area contributed by atoms with Gasteiger partial charge in [0.2, 0.25) is 5.76 Å². The quantitative estimate of drug-likeness (QED) is 0.800. The number of fused-ring (bicyclic) bond motifs is 1. The van der Waals surface area contributed by atoms with Crippen LogP contribution < -0.4 is 5.63 Å². The summed E-state index contributed by atoms with van der Waals surface area (Å²) in [4.78, 5) is 23.1. The highest BCUT2D eigenvalue weighted by molar-refractivity contribution is 9.10. The first-order chi connectivity index (χ1) is 8.13. The molecule has 0 saturated heterocycles. The molecular weight excluding hydrogens is 288 g/mol. The Hall–Kier alpha value is -1.62. The molecule has 0 unspecified atom stereocenters. The van der Waals surface area contributed by atoms with Gasteiger partial charge in [0.1, 0.15) is 0 Å². The van der Waals surface area contributed by atoms with E-state index in [4.69, 9.17) is 9.15 Å². The molecule has 0 amide bonds. The van der Waals surface area contributed by atoms with Crippen LogP contribution in [0.5, 0.6) is 0 Å². The number of esters is 1. The number of benzene rings is 1. The Morgan fingerprint density at radius 3 is 2.88 bits per heavy atom. The van der Waals surface area contributed by atoms with Crippen LogP contribution in [0.3, 0.4) is 0 Å². The standard InChI is InChI=1S/C12H9BrO4/c1-2-16-12(15)10-6-8-7(11(14)17-10)4-3-5-9(8)13/h3-6H,2H2,1H3. The molecular formula is C12H9BrO4. The molecule has 0 aliphatic carbocycles. The van der Waals surface area contributed by atoms with Crippen molar-refractivity contribution >= 4 is 32.7 Å². The number of ether oxygens (including phenoxy) is 1. The van der Waals surface area contributed by atoms with Gasteiger partial charge >= 0.3 is 11.6 Å². The number of halogens is 1. The van der Waals surface area contributed by atoms with Crippen molar-refractivity contribution in [2.75, 3.05) is 6.61 Å². The molecule has 2 aromatic rings. The minimum atomic E-state index is -0.637. The predicted octanol–water partition coefficient (Wildman–Crippen LogP) is 2.73. The van der Waals surface area contributed by atoms with Crippen LogP contribution >= 0.6 is 15.9 Å². The zero-order valence-electron chi connectivity index (χ0n) is 9.03. The average Bonchev–Trinajstić information content (AvgIpc) is 2.30. The van der Waals surface area contributed by atoms with Gasteiger partial charge in [0.15, 0.2) is 0 Å². The van der Waals surface area contributed by atoms with Gasteiger partial charge in [-0.05, 0) is 25.1 Å². The molecule has 2 rings (SSSR count). The van der Waals surface area contributed by atoms with Crippen LogP contribution in [0.15, 0.2) is 37.9 Å². The second-order valence-corrected chi connectivity index (χ2v) is 4.17. The summed E-state index contributed by atoms with van der Waals surface area (Å²) in [5, 5.41) is 1.05. The molecule has 0 radical (unpaired) electrons. The minimum Gasteiger partial charge on any atom is -0.460 e. The first kappa shape index (κ1) is 11.9. The Bertz CT molecular complexity index is 630. The summed E-state index contributed by atoms with van der Waals surface area (Å²) in [6.07, 6.45) is 0. The van der Waals surface area contributed by atoms with Gasteiger partial charge < -0.3 is 9.15 Å². The van der Waals surface area contributed by atoms with Gasteiger partial charge in [-0.25, -0.2) is 9.59 Å². The van der Waals surface area contributed by atoms with Crippen LogP contribution in [0, 0.1) is 0 Å². The van der Waals surface area contributed by atoms with Crippen molar-refractivity contribution in [1.29, 1.82) is 0 Å². The third-order valence-electron chi connectivity index (χ3n) is 2.23. The number of hydrogen-bond acceptors (Lipinski definition) is 4. The van der Waals surface area contributed by atoms with E-state index in [0.29, 0.717) is 10.8 Å². The summed E-state index contributed by atoms with van der Waals surface area (Å²) in [5.41, 5.74) is -0.549. The molecule has 5 heteroatoms. The van der Waals surface area contributed by atoms with Gasteiger partial charge in [-0.2, -0.15) is 0 Å². The Kier molecular flexibility index (Phi) is 3.28. The molecule has 88 valence electrons. The zero-order chi connectivity index (χ0) is 12.4. The number of carbonyl (C=O) groups excluding carboxylic acids is 1. The summed E-state index contributed by atoms with van der Waals surface area (Å²) in [5.74, 6) is -0.724. The second kappa shape index (κ2) is 4.71. The molecule has 0 atom stereocenters. The molecule has 1 aromatic carbocycles. The molecule has 0 spiro atoms. The highest BCUT2D eigenvalue weighted by atomic mass is 79.9. The summed E-state index contributed by atoms with van der Waals surface area (Å²) in [6.45, 7) is 1.92. The minimum absolute atomic E-state index is 0.0868. The Balaban J connectivity index is 2.66. The maximum atomic E-state index is 11.7. The van der Waals surface area contributed by atoms with E-state index in [1.54, 1.807) is 25.1 Å². The van der Waals surface area contributed by atoms with Crippen LogP contribution in [0.2, 0.25) is 0 Å². The fourth-order valence-corrected chi connectivity index (χ4v) is 1.96. The van der Waals surface area contributed by atoms with Gasteiger partial charge in [0, 0.05) is 9.86 Å². The van der Waals surface area contributed by atoms with Crippen LogP contribution in [0.1, 0.15) is 17.5 Å². The van der Waals surface area contributed by atoms with E-state index >= 15 is 0 Å². The third kappa shape index (κ3) is 2.24. The van der Waals surface area contributed by atoms with Crippen LogP contribution in [-0.4, -0.2) is 12.6 Å². The molecule has 4 nitrogen and oxygen atoms in total. The third-order valence-corrected chi connectivity index (χ3v) is 2.92. The second-order valence-electron chi connectivity index (χ2n) is 3.32. The van der Waals surface area contributed by atoms with Crippen molar-refractivity contribution in [1.82, 2.24) is 0 Å². The average molecular weight is 297 g/mol. The van der Waals surface area contributed by atoms with E-state index in [9.17, 15) is 9.59 Å². The van der Waals surface area contributed by atoms with Crippen molar-refractivity contribution in [2.45, 2.75) is 6.92 Å². The molecule has 0 N–H and O–H groups in total. The fourth-order valence-electron chi connectivity index (χ4n) is 1.48. The van der Waals surface area contributed by atoms with Crippen molar-refractivity contribution in [3.05, 3.63) is 44.9 Å². The van der Waals surface area contributed by atoms with Crippen molar-refractivity contribution < 1.29 is 13.9 Å². The zero-order valence-corrected chi connectivity index (χ0v) is 10.6.